The third-order valence-electron chi connectivity index (χ3n) is 6.15. The van der Waals surface area contributed by atoms with Crippen LogP contribution in [-0.4, -0.2) is 34.3 Å². The van der Waals surface area contributed by atoms with Gasteiger partial charge in [-0.2, -0.15) is 5.26 Å². The van der Waals surface area contributed by atoms with Crippen LogP contribution in [0.4, 0.5) is 0 Å². The molecule has 6 heteroatoms. The fourth-order valence-corrected chi connectivity index (χ4v) is 4.29. The smallest absolute Gasteiger partial charge is 0.138 e. The van der Waals surface area contributed by atoms with E-state index in [1.54, 1.807) is 20.0 Å². The number of rotatable bonds is 5. The number of fused-ring (bicyclic) bond motifs is 1. The molecule has 166 valence electrons. The number of H-pyrrole nitrogens is 1. The third kappa shape index (κ3) is 4.21. The van der Waals surface area contributed by atoms with E-state index in [1.807, 2.05) is 48.5 Å². The second-order valence-electron chi connectivity index (χ2n) is 9.00. The standard InChI is InChI=1S/C27H26N4O2/c1-27(2,32)20-6-3-17(4-7-20)24-14-23-22(10-12-30-26(23)31-24)18-5-8-25(19(13-18)15-28)33-21-9-11-29-16-21/h3-8,10,12-14,21,29,32H,9,11,16H2,1-2H3,(H,30,31)/t21-/m1/s1. The van der Waals surface area contributed by atoms with Gasteiger partial charge in [0.2, 0.25) is 0 Å². The zero-order valence-corrected chi connectivity index (χ0v) is 18.7. The molecule has 0 bridgehead atoms. The molecular weight excluding hydrogens is 412 g/mol. The maximum absolute atomic E-state index is 10.2. The summed E-state index contributed by atoms with van der Waals surface area (Å²) in [6, 6.07) is 20.0. The van der Waals surface area contributed by atoms with Crippen molar-refractivity contribution in [1.29, 1.82) is 5.26 Å². The summed E-state index contributed by atoms with van der Waals surface area (Å²) in [5.74, 6) is 0.627. The summed E-state index contributed by atoms with van der Waals surface area (Å²) < 4.78 is 6.05. The van der Waals surface area contributed by atoms with Crippen molar-refractivity contribution in [1.82, 2.24) is 15.3 Å². The van der Waals surface area contributed by atoms with E-state index in [0.717, 1.165) is 58.5 Å². The summed E-state index contributed by atoms with van der Waals surface area (Å²) in [5, 5.41) is 24.2. The van der Waals surface area contributed by atoms with Crippen LogP contribution in [0.15, 0.2) is 60.8 Å². The molecule has 2 aromatic heterocycles. The van der Waals surface area contributed by atoms with Crippen LogP contribution < -0.4 is 10.1 Å². The molecule has 0 saturated carbocycles. The van der Waals surface area contributed by atoms with Gasteiger partial charge in [-0.15, -0.1) is 0 Å². The van der Waals surface area contributed by atoms with Crippen LogP contribution in [-0.2, 0) is 5.60 Å². The van der Waals surface area contributed by atoms with Gasteiger partial charge in [-0.05, 0) is 73.3 Å². The lowest BCUT2D eigenvalue weighted by atomic mass is 9.96. The Hall–Kier alpha value is -3.66. The predicted molar refractivity (Wildman–Crippen MR) is 129 cm³/mol. The van der Waals surface area contributed by atoms with Crippen LogP contribution in [0.2, 0.25) is 0 Å². The van der Waals surface area contributed by atoms with E-state index in [1.165, 1.54) is 0 Å². The number of nitrogens with one attached hydrogen (secondary N) is 2. The van der Waals surface area contributed by atoms with Crippen molar-refractivity contribution in [2.75, 3.05) is 13.1 Å². The lowest BCUT2D eigenvalue weighted by molar-refractivity contribution is 0.0786. The highest BCUT2D eigenvalue weighted by Crippen LogP contribution is 2.34. The molecule has 0 aliphatic carbocycles. The van der Waals surface area contributed by atoms with E-state index in [-0.39, 0.29) is 6.10 Å². The molecule has 2 aromatic carbocycles. The number of ether oxygens (including phenoxy) is 1. The van der Waals surface area contributed by atoms with Crippen LogP contribution in [0.5, 0.6) is 5.75 Å². The van der Waals surface area contributed by atoms with Crippen molar-refractivity contribution in [3.05, 3.63) is 71.9 Å². The summed E-state index contributed by atoms with van der Waals surface area (Å²) in [5.41, 5.74) is 5.20. The average molecular weight is 439 g/mol. The monoisotopic (exact) mass is 438 g/mol. The number of hydrogen-bond donors (Lipinski definition) is 3. The van der Waals surface area contributed by atoms with Gasteiger partial charge in [-0.3, -0.25) is 0 Å². The van der Waals surface area contributed by atoms with Gasteiger partial charge in [-0.25, -0.2) is 4.98 Å². The van der Waals surface area contributed by atoms with Crippen molar-refractivity contribution in [2.45, 2.75) is 32.0 Å². The number of aromatic nitrogens is 2. The molecule has 0 radical (unpaired) electrons. The minimum absolute atomic E-state index is 0.102. The lowest BCUT2D eigenvalue weighted by Gasteiger charge is -2.17. The molecule has 0 unspecified atom stereocenters. The number of pyridine rings is 1. The molecule has 5 rings (SSSR count). The van der Waals surface area contributed by atoms with Gasteiger partial charge in [0.1, 0.15) is 23.6 Å². The summed E-state index contributed by atoms with van der Waals surface area (Å²) in [4.78, 5) is 7.90. The quantitative estimate of drug-likeness (QED) is 0.419. The Balaban J connectivity index is 1.50. The van der Waals surface area contributed by atoms with Gasteiger partial charge in [0.25, 0.3) is 0 Å². The molecule has 6 nitrogen and oxygen atoms in total. The zero-order chi connectivity index (χ0) is 23.0. The molecule has 1 saturated heterocycles. The number of benzene rings is 2. The van der Waals surface area contributed by atoms with E-state index in [2.05, 4.69) is 27.4 Å². The van der Waals surface area contributed by atoms with Crippen molar-refractivity contribution in [3.8, 4) is 34.2 Å². The molecule has 1 fully saturated rings. The van der Waals surface area contributed by atoms with E-state index in [9.17, 15) is 10.4 Å². The maximum atomic E-state index is 10.2. The highest BCUT2D eigenvalue weighted by molar-refractivity contribution is 5.96. The molecule has 1 aliphatic rings. The topological polar surface area (TPSA) is 94.0 Å². The molecular formula is C27H26N4O2. The second-order valence-corrected chi connectivity index (χ2v) is 9.00. The third-order valence-corrected chi connectivity index (χ3v) is 6.15. The van der Waals surface area contributed by atoms with Gasteiger partial charge in [-0.1, -0.05) is 30.3 Å². The van der Waals surface area contributed by atoms with E-state index in [4.69, 9.17) is 4.74 Å². The molecule has 3 heterocycles. The fraction of sp³-hybridized carbons (Fsp3) is 0.259. The fourth-order valence-electron chi connectivity index (χ4n) is 4.29. The van der Waals surface area contributed by atoms with Crippen molar-refractivity contribution in [2.24, 2.45) is 0 Å². The molecule has 0 amide bonds. The number of nitrogens with zero attached hydrogens (tertiary/aromatic N) is 2. The minimum Gasteiger partial charge on any atom is -0.488 e. The Morgan fingerprint density at radius 3 is 2.58 bits per heavy atom. The first kappa shape index (κ1) is 21.2. The largest absolute Gasteiger partial charge is 0.488 e. The molecule has 1 atom stereocenters. The van der Waals surface area contributed by atoms with Crippen molar-refractivity contribution >= 4 is 11.0 Å². The summed E-state index contributed by atoms with van der Waals surface area (Å²) in [6.45, 7) is 5.30. The maximum Gasteiger partial charge on any atom is 0.138 e. The van der Waals surface area contributed by atoms with Crippen molar-refractivity contribution < 1.29 is 9.84 Å². The first-order valence-corrected chi connectivity index (χ1v) is 11.2. The number of aliphatic hydroxyl groups is 1. The van der Waals surface area contributed by atoms with Gasteiger partial charge in [0, 0.05) is 23.8 Å². The Morgan fingerprint density at radius 1 is 1.09 bits per heavy atom. The first-order chi connectivity index (χ1) is 15.9. The Kier molecular flexibility index (Phi) is 5.37. The zero-order valence-electron chi connectivity index (χ0n) is 18.7. The van der Waals surface area contributed by atoms with E-state index in [0.29, 0.717) is 11.3 Å². The number of hydrogen-bond acceptors (Lipinski definition) is 5. The molecule has 3 N–H and O–H groups in total. The normalized spacial score (nSPS) is 16.1. The van der Waals surface area contributed by atoms with Gasteiger partial charge in [0.15, 0.2) is 0 Å². The van der Waals surface area contributed by atoms with Crippen molar-refractivity contribution in [3.63, 3.8) is 0 Å². The molecule has 0 spiro atoms. The minimum atomic E-state index is -0.879. The average Bonchev–Trinajstić information content (AvgIpc) is 3.48. The van der Waals surface area contributed by atoms with Gasteiger partial charge >= 0.3 is 0 Å². The van der Waals surface area contributed by atoms with Crippen LogP contribution in [0.25, 0.3) is 33.4 Å². The highest BCUT2D eigenvalue weighted by Gasteiger charge is 2.19. The SMILES string of the molecule is CC(C)(O)c1ccc(-c2cc3c(-c4ccc(O[C@@H]5CCNC5)c(C#N)c4)ccnc3[nH]2)cc1. The summed E-state index contributed by atoms with van der Waals surface area (Å²) in [6.07, 6.45) is 2.82. The summed E-state index contributed by atoms with van der Waals surface area (Å²) >= 11 is 0. The van der Waals surface area contributed by atoms with E-state index < -0.39 is 5.60 Å². The Morgan fingerprint density at radius 2 is 1.88 bits per heavy atom. The van der Waals surface area contributed by atoms with Gasteiger partial charge in [0.05, 0.1) is 11.2 Å². The van der Waals surface area contributed by atoms with Crippen LogP contribution in [0, 0.1) is 11.3 Å². The van der Waals surface area contributed by atoms with Gasteiger partial charge < -0.3 is 20.1 Å². The molecule has 1 aliphatic heterocycles. The predicted octanol–water partition coefficient (Wildman–Crippen LogP) is 4.74. The summed E-state index contributed by atoms with van der Waals surface area (Å²) in [7, 11) is 0. The Bertz CT molecular complexity index is 1340. The second kappa shape index (κ2) is 8.36. The Labute approximate surface area is 192 Å². The first-order valence-electron chi connectivity index (χ1n) is 11.2. The lowest BCUT2D eigenvalue weighted by Crippen LogP contribution is -2.20. The molecule has 4 aromatic rings. The number of aromatic amines is 1. The van der Waals surface area contributed by atoms with Crippen LogP contribution in [0.1, 0.15) is 31.4 Å². The highest BCUT2D eigenvalue weighted by atomic mass is 16.5. The number of nitriles is 1. The van der Waals surface area contributed by atoms with Crippen LogP contribution >= 0.6 is 0 Å². The molecule has 33 heavy (non-hydrogen) atoms. The van der Waals surface area contributed by atoms with Crippen LogP contribution in [0.3, 0.4) is 0 Å². The van der Waals surface area contributed by atoms with E-state index >= 15 is 0 Å².